The van der Waals surface area contributed by atoms with Crippen LogP contribution < -0.4 is 11.1 Å². The van der Waals surface area contributed by atoms with Gasteiger partial charge in [-0.2, -0.15) is 0 Å². The lowest BCUT2D eigenvalue weighted by atomic mass is 9.92. The summed E-state index contributed by atoms with van der Waals surface area (Å²) < 4.78 is 5.68. The Bertz CT molecular complexity index is 388. The molecule has 0 bridgehead atoms. The molecule has 3 unspecified atom stereocenters. The lowest BCUT2D eigenvalue weighted by Crippen LogP contribution is -2.57. The van der Waals surface area contributed by atoms with Gasteiger partial charge >= 0.3 is 0 Å². The number of methoxy groups -OCH3 is 1. The van der Waals surface area contributed by atoms with Gasteiger partial charge in [0.05, 0.1) is 11.1 Å². The van der Waals surface area contributed by atoms with E-state index in [1.807, 2.05) is 0 Å². The number of primary amides is 1. The third-order valence-electron chi connectivity index (χ3n) is 5.22. The summed E-state index contributed by atoms with van der Waals surface area (Å²) in [5, 5.41) is 3.43. The maximum absolute atomic E-state index is 12.0. The molecule has 0 spiro atoms. The molecule has 1 aliphatic carbocycles. The van der Waals surface area contributed by atoms with Crippen LogP contribution in [0.1, 0.15) is 52.9 Å². The van der Waals surface area contributed by atoms with E-state index < -0.39 is 5.54 Å². The molecule has 21 heavy (non-hydrogen) atoms. The van der Waals surface area contributed by atoms with E-state index in [9.17, 15) is 4.79 Å². The molecule has 5 nitrogen and oxygen atoms in total. The zero-order valence-corrected chi connectivity index (χ0v) is 13.9. The van der Waals surface area contributed by atoms with Crippen LogP contribution in [-0.2, 0) is 9.53 Å². The van der Waals surface area contributed by atoms with Crippen LogP contribution in [0.4, 0.5) is 0 Å². The Balaban J connectivity index is 2.05. The zero-order valence-electron chi connectivity index (χ0n) is 13.9. The highest BCUT2D eigenvalue weighted by Gasteiger charge is 2.47. The minimum absolute atomic E-state index is 0.0539. The Morgan fingerprint density at radius 3 is 2.71 bits per heavy atom. The Hall–Kier alpha value is -0.650. The summed E-state index contributed by atoms with van der Waals surface area (Å²) in [7, 11) is 1.80. The summed E-state index contributed by atoms with van der Waals surface area (Å²) in [5.41, 5.74) is 5.13. The number of amides is 1. The second kappa shape index (κ2) is 6.23. The Labute approximate surface area is 128 Å². The minimum Gasteiger partial charge on any atom is -0.377 e. The van der Waals surface area contributed by atoms with Crippen LogP contribution in [0.2, 0.25) is 0 Å². The zero-order chi connectivity index (χ0) is 15.7. The van der Waals surface area contributed by atoms with E-state index in [1.54, 1.807) is 7.11 Å². The van der Waals surface area contributed by atoms with Gasteiger partial charge in [-0.3, -0.25) is 9.69 Å². The summed E-state index contributed by atoms with van der Waals surface area (Å²) in [6.45, 7) is 8.37. The highest BCUT2D eigenvalue weighted by molar-refractivity contribution is 5.85. The van der Waals surface area contributed by atoms with Gasteiger partial charge in [0.1, 0.15) is 0 Å². The van der Waals surface area contributed by atoms with Crippen molar-refractivity contribution in [1.29, 1.82) is 0 Å². The molecule has 1 aliphatic heterocycles. The summed E-state index contributed by atoms with van der Waals surface area (Å²) in [4.78, 5) is 14.5. The van der Waals surface area contributed by atoms with Crippen molar-refractivity contribution >= 4 is 5.91 Å². The molecule has 0 aromatic rings. The van der Waals surface area contributed by atoms with Gasteiger partial charge in [0.15, 0.2) is 0 Å². The fourth-order valence-electron chi connectivity index (χ4n) is 4.03. The molecular weight excluding hydrogens is 266 g/mol. The van der Waals surface area contributed by atoms with Crippen molar-refractivity contribution in [1.82, 2.24) is 10.2 Å². The summed E-state index contributed by atoms with van der Waals surface area (Å²) in [5.74, 6) is -0.204. The number of hydrogen-bond donors (Lipinski definition) is 2. The number of rotatable bonds is 5. The van der Waals surface area contributed by atoms with E-state index in [2.05, 4.69) is 31.0 Å². The molecule has 0 aromatic heterocycles. The summed E-state index contributed by atoms with van der Waals surface area (Å²) in [6.07, 6.45) is 4.95. The first kappa shape index (κ1) is 16.7. The second-order valence-electron chi connectivity index (χ2n) is 7.37. The van der Waals surface area contributed by atoms with Gasteiger partial charge in [0, 0.05) is 25.7 Å². The fraction of sp³-hybridized carbons (Fsp3) is 0.938. The molecule has 3 atom stereocenters. The highest BCUT2D eigenvalue weighted by atomic mass is 16.5. The third-order valence-corrected chi connectivity index (χ3v) is 5.22. The van der Waals surface area contributed by atoms with Crippen molar-refractivity contribution in [3.8, 4) is 0 Å². The number of nitrogens with zero attached hydrogens (tertiary/aromatic N) is 1. The van der Waals surface area contributed by atoms with Crippen LogP contribution in [0.5, 0.6) is 0 Å². The van der Waals surface area contributed by atoms with Gasteiger partial charge in [0.25, 0.3) is 0 Å². The van der Waals surface area contributed by atoms with Crippen LogP contribution in [-0.4, -0.2) is 54.2 Å². The molecule has 5 heteroatoms. The number of piperidine rings is 1. The van der Waals surface area contributed by atoms with Gasteiger partial charge < -0.3 is 15.8 Å². The van der Waals surface area contributed by atoms with Crippen molar-refractivity contribution in [3.63, 3.8) is 0 Å². The second-order valence-corrected chi connectivity index (χ2v) is 7.37. The Morgan fingerprint density at radius 2 is 2.14 bits per heavy atom. The lowest BCUT2D eigenvalue weighted by Gasteiger charge is -2.42. The van der Waals surface area contributed by atoms with Crippen molar-refractivity contribution in [3.05, 3.63) is 0 Å². The number of carbonyl (C=O) groups is 1. The molecule has 2 rings (SSSR count). The predicted octanol–water partition coefficient (Wildman–Crippen LogP) is 1.26. The van der Waals surface area contributed by atoms with Gasteiger partial charge in [0.2, 0.25) is 5.91 Å². The summed E-state index contributed by atoms with van der Waals surface area (Å²) in [6, 6.07) is 0.695. The van der Waals surface area contributed by atoms with Crippen molar-refractivity contribution < 1.29 is 9.53 Å². The average Bonchev–Trinajstić information content (AvgIpc) is 2.84. The van der Waals surface area contributed by atoms with E-state index in [0.717, 1.165) is 45.2 Å². The SMILES string of the molecule is COC1(C)CCCN(C2CCC(NC(C)C)(C(N)=O)C2)C1. The van der Waals surface area contributed by atoms with E-state index in [4.69, 9.17) is 10.5 Å². The molecule has 1 saturated heterocycles. The average molecular weight is 297 g/mol. The van der Waals surface area contributed by atoms with E-state index in [-0.39, 0.29) is 17.6 Å². The molecule has 122 valence electrons. The van der Waals surface area contributed by atoms with E-state index >= 15 is 0 Å². The first-order chi connectivity index (χ1) is 9.80. The number of hydrogen-bond acceptors (Lipinski definition) is 4. The maximum atomic E-state index is 12.0. The Kier molecular flexibility index (Phi) is 4.96. The highest BCUT2D eigenvalue weighted by Crippen LogP contribution is 2.36. The Morgan fingerprint density at radius 1 is 1.43 bits per heavy atom. The fourth-order valence-corrected chi connectivity index (χ4v) is 4.03. The minimum atomic E-state index is -0.528. The van der Waals surface area contributed by atoms with Crippen molar-refractivity contribution in [2.75, 3.05) is 20.2 Å². The standard InChI is InChI=1S/C16H31N3O2/c1-12(2)18-16(14(17)20)8-6-13(10-16)19-9-5-7-15(3,11-19)21-4/h12-13,18H,5-11H2,1-4H3,(H2,17,20). The quantitative estimate of drug-likeness (QED) is 0.802. The molecule has 0 radical (unpaired) electrons. The van der Waals surface area contributed by atoms with Gasteiger partial charge in [-0.05, 0) is 59.4 Å². The number of nitrogens with one attached hydrogen (secondary N) is 1. The first-order valence-electron chi connectivity index (χ1n) is 8.17. The third kappa shape index (κ3) is 3.58. The normalized spacial score (nSPS) is 38.0. The molecule has 1 amide bonds. The topological polar surface area (TPSA) is 67.6 Å². The van der Waals surface area contributed by atoms with Gasteiger partial charge in [-0.15, -0.1) is 0 Å². The lowest BCUT2D eigenvalue weighted by molar-refractivity contribution is -0.124. The predicted molar refractivity (Wildman–Crippen MR) is 84.1 cm³/mol. The molecule has 0 aromatic carbocycles. The smallest absolute Gasteiger partial charge is 0.237 e. The number of carbonyl (C=O) groups excluding carboxylic acids is 1. The largest absolute Gasteiger partial charge is 0.377 e. The summed E-state index contributed by atoms with van der Waals surface area (Å²) >= 11 is 0. The maximum Gasteiger partial charge on any atom is 0.237 e. The van der Waals surface area contributed by atoms with Crippen molar-refractivity contribution in [2.24, 2.45) is 5.73 Å². The molecule has 2 fully saturated rings. The van der Waals surface area contributed by atoms with E-state index in [0.29, 0.717) is 6.04 Å². The molecular formula is C16H31N3O2. The van der Waals surface area contributed by atoms with Crippen LogP contribution in [0.15, 0.2) is 0 Å². The van der Waals surface area contributed by atoms with Crippen molar-refractivity contribution in [2.45, 2.75) is 76.1 Å². The van der Waals surface area contributed by atoms with Crippen LogP contribution in [0, 0.1) is 0 Å². The first-order valence-corrected chi connectivity index (χ1v) is 8.17. The number of likely N-dealkylation sites (tertiary alicyclic amines) is 1. The molecule has 3 N–H and O–H groups in total. The van der Waals surface area contributed by atoms with Crippen LogP contribution >= 0.6 is 0 Å². The monoisotopic (exact) mass is 297 g/mol. The van der Waals surface area contributed by atoms with Gasteiger partial charge in [-0.25, -0.2) is 0 Å². The van der Waals surface area contributed by atoms with E-state index in [1.165, 1.54) is 0 Å². The number of nitrogens with two attached hydrogens (primary N) is 1. The number of ether oxygens (including phenoxy) is 1. The van der Waals surface area contributed by atoms with Crippen LogP contribution in [0.25, 0.3) is 0 Å². The molecule has 1 saturated carbocycles. The molecule has 1 heterocycles. The molecule has 2 aliphatic rings. The van der Waals surface area contributed by atoms with Gasteiger partial charge in [-0.1, -0.05) is 0 Å². The van der Waals surface area contributed by atoms with Crippen LogP contribution in [0.3, 0.4) is 0 Å².